The number of ether oxygens (including phenoxy) is 1. The van der Waals surface area contributed by atoms with Crippen LogP contribution >= 0.6 is 11.6 Å². The number of nitrogens with zero attached hydrogens (tertiary/aromatic N) is 5. The number of methoxy groups -OCH3 is 1. The summed E-state index contributed by atoms with van der Waals surface area (Å²) in [5, 5.41) is 8.14. The zero-order valence-corrected chi connectivity index (χ0v) is 13.3. The van der Waals surface area contributed by atoms with Crippen LogP contribution in [0.5, 0.6) is 5.75 Å². The molecule has 0 unspecified atom stereocenters. The van der Waals surface area contributed by atoms with E-state index in [1.54, 1.807) is 31.4 Å². The molecule has 0 N–H and O–H groups in total. The van der Waals surface area contributed by atoms with Crippen LogP contribution in [0.15, 0.2) is 24.3 Å². The molecular formula is C15H12ClF2N5O. The van der Waals surface area contributed by atoms with Gasteiger partial charge in [-0.25, -0.2) is 13.8 Å². The highest BCUT2D eigenvalue weighted by molar-refractivity contribution is 6.28. The van der Waals surface area contributed by atoms with Crippen molar-refractivity contribution in [1.82, 2.24) is 25.0 Å². The topological polar surface area (TPSA) is 65.7 Å². The molecule has 1 saturated carbocycles. The van der Waals surface area contributed by atoms with E-state index >= 15 is 0 Å². The Morgan fingerprint density at radius 1 is 1.25 bits per heavy atom. The number of aromatic nitrogens is 5. The van der Waals surface area contributed by atoms with Gasteiger partial charge in [0.1, 0.15) is 11.3 Å². The van der Waals surface area contributed by atoms with Gasteiger partial charge in [-0.1, -0.05) is 5.21 Å². The monoisotopic (exact) mass is 351 g/mol. The molecule has 24 heavy (non-hydrogen) atoms. The van der Waals surface area contributed by atoms with Crippen molar-refractivity contribution in [3.05, 3.63) is 35.2 Å². The lowest BCUT2D eigenvalue weighted by molar-refractivity contribution is -0.0876. The average Bonchev–Trinajstić information content (AvgIpc) is 2.94. The maximum atomic E-state index is 13.1. The van der Waals surface area contributed by atoms with Crippen LogP contribution < -0.4 is 4.74 Å². The van der Waals surface area contributed by atoms with Gasteiger partial charge in [-0.05, 0) is 23.7 Å². The normalized spacial score (nSPS) is 17.0. The Labute approximate surface area is 140 Å². The lowest BCUT2D eigenvalue weighted by Crippen LogP contribution is -2.34. The van der Waals surface area contributed by atoms with E-state index in [9.17, 15) is 8.78 Å². The van der Waals surface area contributed by atoms with Gasteiger partial charge in [0, 0.05) is 30.9 Å². The molecule has 2 aromatic heterocycles. The number of fused-ring (bicyclic) bond motifs is 1. The third-order valence-corrected chi connectivity index (χ3v) is 4.25. The fraction of sp³-hybridized carbons (Fsp3) is 0.333. The minimum atomic E-state index is -2.63. The maximum absolute atomic E-state index is 13.1. The highest BCUT2D eigenvalue weighted by atomic mass is 35.5. The molecule has 6 nitrogen and oxygen atoms in total. The third kappa shape index (κ3) is 2.56. The van der Waals surface area contributed by atoms with Crippen molar-refractivity contribution in [2.75, 3.05) is 7.11 Å². The SMILES string of the molecule is COc1ccc2c(c1)nnn2-c1cc(C2CC(F)(F)C2)nc(Cl)n1. The van der Waals surface area contributed by atoms with Gasteiger partial charge >= 0.3 is 0 Å². The molecular weight excluding hydrogens is 340 g/mol. The molecule has 0 atom stereocenters. The first-order valence-electron chi connectivity index (χ1n) is 7.27. The summed E-state index contributed by atoms with van der Waals surface area (Å²) in [6.45, 7) is 0. The third-order valence-electron chi connectivity index (χ3n) is 4.08. The Bertz CT molecular complexity index is 921. The molecule has 9 heteroatoms. The van der Waals surface area contributed by atoms with E-state index in [-0.39, 0.29) is 24.0 Å². The van der Waals surface area contributed by atoms with E-state index in [0.29, 0.717) is 28.3 Å². The second-order valence-electron chi connectivity index (χ2n) is 5.74. The van der Waals surface area contributed by atoms with Gasteiger partial charge in [0.2, 0.25) is 11.2 Å². The number of halogens is 3. The minimum absolute atomic E-state index is 0.00474. The molecule has 0 aliphatic heterocycles. The molecule has 0 bridgehead atoms. The van der Waals surface area contributed by atoms with Crippen molar-refractivity contribution >= 4 is 22.6 Å². The van der Waals surface area contributed by atoms with Gasteiger partial charge in [-0.15, -0.1) is 5.10 Å². The molecule has 2 heterocycles. The summed E-state index contributed by atoms with van der Waals surface area (Å²) in [6, 6.07) is 6.94. The lowest BCUT2D eigenvalue weighted by Gasteiger charge is -2.34. The number of alkyl halides is 2. The number of hydrogen-bond donors (Lipinski definition) is 0. The highest BCUT2D eigenvalue weighted by Crippen LogP contribution is 2.48. The summed E-state index contributed by atoms with van der Waals surface area (Å²) in [5.41, 5.74) is 1.82. The molecule has 3 aromatic rings. The van der Waals surface area contributed by atoms with Gasteiger partial charge in [0.15, 0.2) is 5.82 Å². The van der Waals surface area contributed by atoms with Crippen LogP contribution in [-0.4, -0.2) is 38.0 Å². The lowest BCUT2D eigenvalue weighted by atomic mass is 9.79. The fourth-order valence-electron chi connectivity index (χ4n) is 2.81. The molecule has 4 rings (SSSR count). The summed E-state index contributed by atoms with van der Waals surface area (Å²) >= 11 is 5.97. The Balaban J connectivity index is 1.75. The number of rotatable bonds is 3. The van der Waals surface area contributed by atoms with Crippen LogP contribution in [0, 0.1) is 0 Å². The largest absolute Gasteiger partial charge is 0.497 e. The summed E-state index contributed by atoms with van der Waals surface area (Å²) in [7, 11) is 1.57. The van der Waals surface area contributed by atoms with Crippen LogP contribution in [0.3, 0.4) is 0 Å². The first-order chi connectivity index (χ1) is 11.4. The summed E-state index contributed by atoms with van der Waals surface area (Å²) < 4.78 is 32.9. The van der Waals surface area contributed by atoms with Crippen molar-refractivity contribution in [3.8, 4) is 11.6 Å². The second-order valence-corrected chi connectivity index (χ2v) is 6.08. The van der Waals surface area contributed by atoms with Gasteiger partial charge < -0.3 is 4.74 Å². The van der Waals surface area contributed by atoms with Crippen LogP contribution in [-0.2, 0) is 0 Å². The molecule has 1 aliphatic carbocycles. The van der Waals surface area contributed by atoms with Crippen molar-refractivity contribution in [2.24, 2.45) is 0 Å². The first kappa shape index (κ1) is 15.2. The van der Waals surface area contributed by atoms with Crippen molar-refractivity contribution < 1.29 is 13.5 Å². The van der Waals surface area contributed by atoms with E-state index < -0.39 is 5.92 Å². The zero-order valence-electron chi connectivity index (χ0n) is 12.6. The molecule has 1 aliphatic rings. The van der Waals surface area contributed by atoms with Crippen molar-refractivity contribution in [1.29, 1.82) is 0 Å². The average molecular weight is 352 g/mol. The van der Waals surface area contributed by atoms with Crippen molar-refractivity contribution in [3.63, 3.8) is 0 Å². The molecule has 0 saturated heterocycles. The van der Waals surface area contributed by atoms with Crippen LogP contribution in [0.2, 0.25) is 5.28 Å². The highest BCUT2D eigenvalue weighted by Gasteiger charge is 2.46. The van der Waals surface area contributed by atoms with E-state index in [1.165, 1.54) is 4.68 Å². The van der Waals surface area contributed by atoms with E-state index in [0.717, 1.165) is 0 Å². The standard InChI is InChI=1S/C15H12ClF2N5O/c1-24-9-2-3-12-11(4-9)21-22-23(12)13-5-10(19-14(16)20-13)8-6-15(17,18)7-8/h2-5,8H,6-7H2,1H3. The molecule has 1 fully saturated rings. The smallest absolute Gasteiger partial charge is 0.249 e. The van der Waals surface area contributed by atoms with Gasteiger partial charge in [-0.2, -0.15) is 9.67 Å². The van der Waals surface area contributed by atoms with E-state index in [1.807, 2.05) is 0 Å². The summed E-state index contributed by atoms with van der Waals surface area (Å²) in [4.78, 5) is 8.22. The van der Waals surface area contributed by atoms with E-state index in [2.05, 4.69) is 20.3 Å². The molecule has 0 radical (unpaired) electrons. The number of benzene rings is 1. The van der Waals surface area contributed by atoms with Gasteiger partial charge in [0.25, 0.3) is 0 Å². The quantitative estimate of drug-likeness (QED) is 0.677. The Morgan fingerprint density at radius 3 is 2.75 bits per heavy atom. The summed E-state index contributed by atoms with van der Waals surface area (Å²) in [6.07, 6.45) is -0.454. The minimum Gasteiger partial charge on any atom is -0.497 e. The predicted octanol–water partition coefficient (Wildman–Crippen LogP) is 3.39. The van der Waals surface area contributed by atoms with Crippen LogP contribution in [0.25, 0.3) is 16.9 Å². The first-order valence-corrected chi connectivity index (χ1v) is 7.65. The Hall–Kier alpha value is -2.35. The van der Waals surface area contributed by atoms with Crippen LogP contribution in [0.4, 0.5) is 8.78 Å². The molecule has 124 valence electrons. The van der Waals surface area contributed by atoms with Crippen molar-refractivity contribution in [2.45, 2.75) is 24.7 Å². The number of hydrogen-bond acceptors (Lipinski definition) is 5. The second kappa shape index (κ2) is 5.34. The zero-order chi connectivity index (χ0) is 16.9. The van der Waals surface area contributed by atoms with E-state index in [4.69, 9.17) is 16.3 Å². The molecule has 1 aromatic carbocycles. The fourth-order valence-corrected chi connectivity index (χ4v) is 2.99. The Morgan fingerprint density at radius 2 is 2.04 bits per heavy atom. The maximum Gasteiger partial charge on any atom is 0.249 e. The van der Waals surface area contributed by atoms with Gasteiger partial charge in [0.05, 0.1) is 18.3 Å². The Kier molecular flexibility index (Phi) is 3.38. The summed E-state index contributed by atoms with van der Waals surface area (Å²) in [5.74, 6) is -1.90. The molecule has 0 spiro atoms. The van der Waals surface area contributed by atoms with Gasteiger partial charge in [-0.3, -0.25) is 0 Å². The predicted molar refractivity (Wildman–Crippen MR) is 82.9 cm³/mol. The molecule has 0 amide bonds. The van der Waals surface area contributed by atoms with Crippen LogP contribution in [0.1, 0.15) is 24.5 Å².